The molecule has 3 N–H and O–H groups in total. The number of carbonyl (C=O) groups is 3. The van der Waals surface area contributed by atoms with Gasteiger partial charge in [-0.3, -0.25) is 19.3 Å². The highest BCUT2D eigenvalue weighted by Crippen LogP contribution is 2.17. The summed E-state index contributed by atoms with van der Waals surface area (Å²) in [6, 6.07) is 6.72. The summed E-state index contributed by atoms with van der Waals surface area (Å²) in [5.41, 5.74) is 6.15. The quantitative estimate of drug-likeness (QED) is 0.757. The fourth-order valence-corrected chi connectivity index (χ4v) is 1.89. The van der Waals surface area contributed by atoms with Gasteiger partial charge in [-0.1, -0.05) is 12.1 Å². The summed E-state index contributed by atoms with van der Waals surface area (Å²) in [5.74, 6) is -1.56. The molecule has 1 aromatic rings. The van der Waals surface area contributed by atoms with Crippen LogP contribution in [0.1, 0.15) is 25.5 Å². The van der Waals surface area contributed by atoms with Gasteiger partial charge in [0.1, 0.15) is 5.75 Å². The second-order valence-electron chi connectivity index (χ2n) is 4.73. The van der Waals surface area contributed by atoms with Crippen LogP contribution in [-0.2, 0) is 14.4 Å². The molecule has 0 aliphatic rings. The molecule has 1 aromatic carbocycles. The number of ether oxygens (including phenoxy) is 1. The molecule has 0 spiro atoms. The molecule has 3 amide bonds. The smallest absolute Gasteiger partial charge is 0.318 e. The summed E-state index contributed by atoms with van der Waals surface area (Å²) < 4.78 is 5.06. The van der Waals surface area contributed by atoms with E-state index in [1.54, 1.807) is 38.3 Å². The summed E-state index contributed by atoms with van der Waals surface area (Å²) >= 11 is 0. The van der Waals surface area contributed by atoms with E-state index in [0.29, 0.717) is 5.75 Å². The molecule has 0 saturated carbocycles. The number of benzene rings is 1. The van der Waals surface area contributed by atoms with Gasteiger partial charge in [0.05, 0.1) is 13.2 Å². The van der Waals surface area contributed by atoms with Crippen LogP contribution in [0.4, 0.5) is 0 Å². The van der Waals surface area contributed by atoms with Gasteiger partial charge in [0.2, 0.25) is 5.91 Å². The van der Waals surface area contributed by atoms with Crippen LogP contribution in [0.5, 0.6) is 5.75 Å². The van der Waals surface area contributed by atoms with Crippen LogP contribution in [0.3, 0.4) is 0 Å². The molecule has 0 aliphatic carbocycles. The lowest BCUT2D eigenvalue weighted by molar-refractivity contribution is -0.152. The Morgan fingerprint density at radius 1 is 1.27 bits per heavy atom. The van der Waals surface area contributed by atoms with Gasteiger partial charge in [0.25, 0.3) is 0 Å². The third-order valence-corrected chi connectivity index (χ3v) is 3.14. The van der Waals surface area contributed by atoms with Gasteiger partial charge >= 0.3 is 11.8 Å². The molecule has 0 radical (unpaired) electrons. The van der Waals surface area contributed by atoms with Crippen molar-refractivity contribution in [3.8, 4) is 5.75 Å². The normalized spacial score (nSPS) is 11.5. The van der Waals surface area contributed by atoms with E-state index in [-0.39, 0.29) is 19.1 Å². The highest BCUT2D eigenvalue weighted by atomic mass is 16.5. The van der Waals surface area contributed by atoms with E-state index in [1.807, 2.05) is 0 Å². The second kappa shape index (κ2) is 8.14. The van der Waals surface area contributed by atoms with Crippen molar-refractivity contribution in [2.24, 2.45) is 5.73 Å². The minimum atomic E-state index is -0.904. The third kappa shape index (κ3) is 4.56. The summed E-state index contributed by atoms with van der Waals surface area (Å²) in [7, 11) is 1.56. The van der Waals surface area contributed by atoms with Gasteiger partial charge in [-0.15, -0.1) is 0 Å². The molecule has 7 heteroatoms. The molecule has 0 bridgehead atoms. The number of nitrogens with zero attached hydrogens (tertiary/aromatic N) is 1. The first-order valence-electron chi connectivity index (χ1n) is 6.87. The van der Waals surface area contributed by atoms with Crippen LogP contribution in [0.2, 0.25) is 0 Å². The molecule has 0 aromatic heterocycles. The van der Waals surface area contributed by atoms with Crippen molar-refractivity contribution in [3.63, 3.8) is 0 Å². The monoisotopic (exact) mass is 307 g/mol. The maximum atomic E-state index is 12.0. The molecule has 0 aliphatic heterocycles. The first-order chi connectivity index (χ1) is 10.4. The molecule has 1 unspecified atom stereocenters. The van der Waals surface area contributed by atoms with Gasteiger partial charge in [-0.2, -0.15) is 0 Å². The number of carbonyl (C=O) groups excluding carboxylic acids is 3. The topological polar surface area (TPSA) is 102 Å². The second-order valence-corrected chi connectivity index (χ2v) is 4.73. The Labute approximate surface area is 129 Å². The third-order valence-electron chi connectivity index (χ3n) is 3.14. The van der Waals surface area contributed by atoms with Crippen LogP contribution >= 0.6 is 0 Å². The molecule has 22 heavy (non-hydrogen) atoms. The Bertz CT molecular complexity index is 542. The van der Waals surface area contributed by atoms with Crippen molar-refractivity contribution in [2.75, 3.05) is 20.2 Å². The standard InChI is InChI=1S/C15H21N3O4/c1-10(12-4-6-13(22-3)7-5-12)17-14(20)15(21)18(9-8-16)11(2)19/h4-7,10H,8-9,16H2,1-3H3,(H,17,20). The molecule has 0 saturated heterocycles. The van der Waals surface area contributed by atoms with Gasteiger partial charge < -0.3 is 15.8 Å². The largest absolute Gasteiger partial charge is 0.497 e. The van der Waals surface area contributed by atoms with Crippen molar-refractivity contribution in [1.29, 1.82) is 0 Å². The first kappa shape index (κ1) is 17.6. The van der Waals surface area contributed by atoms with Crippen LogP contribution < -0.4 is 15.8 Å². The van der Waals surface area contributed by atoms with E-state index in [4.69, 9.17) is 10.5 Å². The van der Waals surface area contributed by atoms with Crippen molar-refractivity contribution >= 4 is 17.7 Å². The molecule has 0 heterocycles. The lowest BCUT2D eigenvalue weighted by Gasteiger charge is -2.19. The summed E-state index contributed by atoms with van der Waals surface area (Å²) in [6.45, 7) is 3.08. The molecular formula is C15H21N3O4. The maximum Gasteiger partial charge on any atom is 0.318 e. The summed E-state index contributed by atoms with van der Waals surface area (Å²) in [4.78, 5) is 36.1. The molecule has 1 atom stereocenters. The number of hydrogen-bond acceptors (Lipinski definition) is 5. The van der Waals surface area contributed by atoms with Crippen LogP contribution in [-0.4, -0.2) is 42.8 Å². The predicted octanol–water partition coefficient (Wildman–Crippen LogP) is 0.206. The highest BCUT2D eigenvalue weighted by molar-refractivity contribution is 6.37. The van der Waals surface area contributed by atoms with Gasteiger partial charge in [-0.05, 0) is 24.6 Å². The average Bonchev–Trinajstić information content (AvgIpc) is 2.51. The van der Waals surface area contributed by atoms with E-state index in [1.165, 1.54) is 6.92 Å². The zero-order valence-electron chi connectivity index (χ0n) is 13.0. The molecule has 7 nitrogen and oxygen atoms in total. The fraction of sp³-hybridized carbons (Fsp3) is 0.400. The first-order valence-corrected chi connectivity index (χ1v) is 6.87. The minimum absolute atomic E-state index is 0.0124. The zero-order chi connectivity index (χ0) is 16.7. The van der Waals surface area contributed by atoms with Gasteiger partial charge in [0, 0.05) is 20.0 Å². The molecular weight excluding hydrogens is 286 g/mol. The maximum absolute atomic E-state index is 12.0. The lowest BCUT2D eigenvalue weighted by Crippen LogP contribution is -2.47. The van der Waals surface area contributed by atoms with Crippen molar-refractivity contribution < 1.29 is 19.1 Å². The van der Waals surface area contributed by atoms with E-state index >= 15 is 0 Å². The van der Waals surface area contributed by atoms with E-state index < -0.39 is 17.7 Å². The minimum Gasteiger partial charge on any atom is -0.497 e. The Balaban J connectivity index is 2.73. The van der Waals surface area contributed by atoms with Crippen molar-refractivity contribution in [2.45, 2.75) is 19.9 Å². The molecule has 120 valence electrons. The van der Waals surface area contributed by atoms with Crippen LogP contribution in [0, 0.1) is 0 Å². The highest BCUT2D eigenvalue weighted by Gasteiger charge is 2.25. The SMILES string of the molecule is COc1ccc(C(C)NC(=O)C(=O)N(CCN)C(C)=O)cc1. The number of hydrogen-bond donors (Lipinski definition) is 2. The number of nitrogens with two attached hydrogens (primary N) is 1. The number of nitrogens with one attached hydrogen (secondary N) is 1. The summed E-state index contributed by atoms with van der Waals surface area (Å²) in [5, 5.41) is 2.56. The molecule has 1 rings (SSSR count). The van der Waals surface area contributed by atoms with Gasteiger partial charge in [0.15, 0.2) is 0 Å². The predicted molar refractivity (Wildman–Crippen MR) is 81.0 cm³/mol. The number of rotatable bonds is 5. The zero-order valence-corrected chi connectivity index (χ0v) is 13.0. The number of methoxy groups -OCH3 is 1. The van der Waals surface area contributed by atoms with Crippen LogP contribution in [0.25, 0.3) is 0 Å². The Morgan fingerprint density at radius 3 is 2.32 bits per heavy atom. The fourth-order valence-electron chi connectivity index (χ4n) is 1.89. The van der Waals surface area contributed by atoms with E-state index in [0.717, 1.165) is 10.5 Å². The van der Waals surface area contributed by atoms with Gasteiger partial charge in [-0.25, -0.2) is 0 Å². The summed E-state index contributed by atoms with van der Waals surface area (Å²) in [6.07, 6.45) is 0. The number of amides is 3. The van der Waals surface area contributed by atoms with Crippen molar-refractivity contribution in [1.82, 2.24) is 10.2 Å². The number of imide groups is 1. The lowest BCUT2D eigenvalue weighted by atomic mass is 10.1. The Morgan fingerprint density at radius 2 is 1.86 bits per heavy atom. The molecule has 0 fully saturated rings. The average molecular weight is 307 g/mol. The Kier molecular flexibility index (Phi) is 6.52. The van der Waals surface area contributed by atoms with Crippen molar-refractivity contribution in [3.05, 3.63) is 29.8 Å². The van der Waals surface area contributed by atoms with E-state index in [2.05, 4.69) is 5.32 Å². The Hall–Kier alpha value is -2.41. The van der Waals surface area contributed by atoms with E-state index in [9.17, 15) is 14.4 Å². The van der Waals surface area contributed by atoms with Crippen LogP contribution in [0.15, 0.2) is 24.3 Å².